The van der Waals surface area contributed by atoms with Crippen LogP contribution in [0.5, 0.6) is 0 Å². The first-order chi connectivity index (χ1) is 13.5. The molecule has 4 rings (SSSR count). The molecule has 0 spiro atoms. The Hall–Kier alpha value is -3.60. The topological polar surface area (TPSA) is 61.4 Å². The number of nitrogens with zero attached hydrogens (tertiary/aromatic N) is 1. The summed E-state index contributed by atoms with van der Waals surface area (Å²) in [6.45, 7) is 3.49. The molecule has 0 saturated heterocycles. The summed E-state index contributed by atoms with van der Waals surface area (Å²) in [4.78, 5) is 26.4. The quantitative estimate of drug-likeness (QED) is 0.700. The number of hydrogen-bond acceptors (Lipinski definition) is 3. The summed E-state index contributed by atoms with van der Waals surface area (Å²) in [6.07, 6.45) is -0.351. The van der Waals surface area contributed by atoms with Gasteiger partial charge in [0.15, 0.2) is 0 Å². The number of nitrogens with one attached hydrogen (secondary N) is 2. The summed E-state index contributed by atoms with van der Waals surface area (Å²) >= 11 is 0. The number of rotatable bonds is 3. The fraction of sp³-hybridized carbons (Fsp3) is 0.130. The van der Waals surface area contributed by atoms with Gasteiger partial charge < -0.3 is 10.6 Å². The highest BCUT2D eigenvalue weighted by Crippen LogP contribution is 2.37. The van der Waals surface area contributed by atoms with Crippen molar-refractivity contribution in [3.8, 4) is 0 Å². The number of benzene rings is 3. The van der Waals surface area contributed by atoms with Gasteiger partial charge >= 0.3 is 0 Å². The average molecular weight is 371 g/mol. The van der Waals surface area contributed by atoms with Gasteiger partial charge in [-0.25, -0.2) is 0 Å². The van der Waals surface area contributed by atoms with Crippen molar-refractivity contribution in [1.82, 2.24) is 0 Å². The third-order valence-electron chi connectivity index (χ3n) is 4.75. The lowest BCUT2D eigenvalue weighted by atomic mass is 10.0. The molecule has 0 bridgehead atoms. The molecule has 0 fully saturated rings. The Morgan fingerprint density at radius 2 is 1.75 bits per heavy atom. The van der Waals surface area contributed by atoms with Gasteiger partial charge in [0.2, 0.25) is 5.91 Å². The molecule has 0 aliphatic carbocycles. The van der Waals surface area contributed by atoms with Gasteiger partial charge in [-0.2, -0.15) is 0 Å². The number of para-hydroxylation sites is 1. The molecule has 5 heteroatoms. The number of hydrogen-bond donors (Lipinski definition) is 2. The number of carbonyl (C=O) groups is 2. The number of aryl methyl sites for hydroxylation is 1. The molecule has 2 amide bonds. The summed E-state index contributed by atoms with van der Waals surface area (Å²) in [7, 11) is 0. The second kappa shape index (κ2) is 7.19. The first-order valence-corrected chi connectivity index (χ1v) is 9.16. The molecule has 0 unspecified atom stereocenters. The van der Waals surface area contributed by atoms with Gasteiger partial charge in [-0.15, -0.1) is 0 Å². The Bertz CT molecular complexity index is 1040. The van der Waals surface area contributed by atoms with E-state index in [1.54, 1.807) is 4.90 Å². The Morgan fingerprint density at radius 3 is 2.46 bits per heavy atom. The summed E-state index contributed by atoms with van der Waals surface area (Å²) in [6, 6.07) is 23.0. The first-order valence-electron chi connectivity index (χ1n) is 9.16. The van der Waals surface area contributed by atoms with E-state index in [2.05, 4.69) is 10.6 Å². The standard InChI is InChI=1S/C23H21N3O2/c1-15-6-5-7-19(14-15)26-22(17-10-12-18(13-11-17)24-16(2)27)25-21-9-4-3-8-20(21)23(26)28/h3-14,22,25H,1-2H3,(H,24,27)/t22-/m1/s1. The molecule has 1 aliphatic heterocycles. The van der Waals surface area contributed by atoms with Gasteiger partial charge in [0.25, 0.3) is 5.91 Å². The van der Waals surface area contributed by atoms with Crippen LogP contribution in [0, 0.1) is 6.92 Å². The number of anilines is 3. The van der Waals surface area contributed by atoms with Crippen LogP contribution in [-0.2, 0) is 4.79 Å². The van der Waals surface area contributed by atoms with Gasteiger partial charge in [-0.3, -0.25) is 14.5 Å². The lowest BCUT2D eigenvalue weighted by molar-refractivity contribution is -0.114. The zero-order valence-electron chi connectivity index (χ0n) is 15.8. The molecule has 5 nitrogen and oxygen atoms in total. The normalized spacial score (nSPS) is 15.6. The molecule has 2 N–H and O–H groups in total. The van der Waals surface area contributed by atoms with Crippen LogP contribution in [0.25, 0.3) is 0 Å². The summed E-state index contributed by atoms with van der Waals surface area (Å²) in [5.74, 6) is -0.162. The fourth-order valence-corrected chi connectivity index (χ4v) is 3.48. The molecule has 1 heterocycles. The molecular weight excluding hydrogens is 350 g/mol. The Morgan fingerprint density at radius 1 is 1.00 bits per heavy atom. The SMILES string of the molecule is CC(=O)Nc1ccc([C@@H]2Nc3ccccc3C(=O)N2c2cccc(C)c2)cc1. The van der Waals surface area contributed by atoms with Gasteiger partial charge in [-0.05, 0) is 54.4 Å². The van der Waals surface area contributed by atoms with Crippen molar-refractivity contribution in [2.75, 3.05) is 15.5 Å². The number of fused-ring (bicyclic) bond motifs is 1. The zero-order valence-corrected chi connectivity index (χ0v) is 15.8. The summed E-state index contributed by atoms with van der Waals surface area (Å²) < 4.78 is 0. The van der Waals surface area contributed by atoms with Crippen molar-refractivity contribution >= 4 is 28.9 Å². The molecule has 3 aromatic rings. The van der Waals surface area contributed by atoms with Crippen molar-refractivity contribution < 1.29 is 9.59 Å². The molecule has 0 aromatic heterocycles. The van der Waals surface area contributed by atoms with Gasteiger partial charge in [0.1, 0.15) is 6.17 Å². The highest BCUT2D eigenvalue weighted by molar-refractivity contribution is 6.12. The van der Waals surface area contributed by atoms with E-state index in [1.165, 1.54) is 6.92 Å². The van der Waals surface area contributed by atoms with Crippen molar-refractivity contribution in [2.45, 2.75) is 20.0 Å². The van der Waals surface area contributed by atoms with Crippen LogP contribution in [0.3, 0.4) is 0 Å². The maximum absolute atomic E-state index is 13.4. The Balaban J connectivity index is 1.78. The van der Waals surface area contributed by atoms with E-state index in [1.807, 2.05) is 79.7 Å². The minimum atomic E-state index is -0.351. The smallest absolute Gasteiger partial charge is 0.262 e. The van der Waals surface area contributed by atoms with Crippen LogP contribution in [-0.4, -0.2) is 11.8 Å². The van der Waals surface area contributed by atoms with Crippen molar-refractivity contribution in [3.05, 3.63) is 89.5 Å². The zero-order chi connectivity index (χ0) is 19.7. The molecular formula is C23H21N3O2. The van der Waals surface area contributed by atoms with Crippen molar-refractivity contribution in [3.63, 3.8) is 0 Å². The van der Waals surface area contributed by atoms with E-state index in [0.717, 1.165) is 28.2 Å². The monoisotopic (exact) mass is 371 g/mol. The lowest BCUT2D eigenvalue weighted by Gasteiger charge is -2.38. The molecule has 140 valence electrons. The van der Waals surface area contributed by atoms with Crippen LogP contribution < -0.4 is 15.5 Å². The molecule has 1 aliphatic rings. The van der Waals surface area contributed by atoms with Gasteiger partial charge in [0, 0.05) is 24.0 Å². The maximum Gasteiger partial charge on any atom is 0.262 e. The third-order valence-corrected chi connectivity index (χ3v) is 4.75. The van der Waals surface area contributed by atoms with Gasteiger partial charge in [-0.1, -0.05) is 36.4 Å². The Kier molecular flexibility index (Phi) is 4.57. The molecule has 0 radical (unpaired) electrons. The maximum atomic E-state index is 13.4. The largest absolute Gasteiger partial charge is 0.360 e. The minimum Gasteiger partial charge on any atom is -0.360 e. The second-order valence-electron chi connectivity index (χ2n) is 6.91. The second-order valence-corrected chi connectivity index (χ2v) is 6.91. The van der Waals surface area contributed by atoms with E-state index in [4.69, 9.17) is 0 Å². The molecule has 1 atom stereocenters. The predicted octanol–water partition coefficient (Wildman–Crippen LogP) is 4.72. The van der Waals surface area contributed by atoms with Crippen molar-refractivity contribution in [1.29, 1.82) is 0 Å². The highest BCUT2D eigenvalue weighted by atomic mass is 16.2. The van der Waals surface area contributed by atoms with Crippen LogP contribution in [0.4, 0.5) is 17.1 Å². The summed E-state index contributed by atoms with van der Waals surface area (Å²) in [5, 5.41) is 6.26. The number of carbonyl (C=O) groups excluding carboxylic acids is 2. The van der Waals surface area contributed by atoms with Gasteiger partial charge in [0.05, 0.1) is 5.56 Å². The third kappa shape index (κ3) is 3.34. The Labute approximate surface area is 164 Å². The van der Waals surface area contributed by atoms with Crippen LogP contribution >= 0.6 is 0 Å². The van der Waals surface area contributed by atoms with Crippen LogP contribution in [0.2, 0.25) is 0 Å². The van der Waals surface area contributed by atoms with E-state index in [9.17, 15) is 9.59 Å². The first kappa shape index (κ1) is 17.8. The molecule has 3 aromatic carbocycles. The average Bonchev–Trinajstić information content (AvgIpc) is 2.68. The number of amides is 2. The van der Waals surface area contributed by atoms with Crippen LogP contribution in [0.1, 0.15) is 34.6 Å². The lowest BCUT2D eigenvalue weighted by Crippen LogP contribution is -2.43. The summed E-state index contributed by atoms with van der Waals surface area (Å²) in [5.41, 5.74) is 5.04. The minimum absolute atomic E-state index is 0.0455. The highest BCUT2D eigenvalue weighted by Gasteiger charge is 2.33. The van der Waals surface area contributed by atoms with Crippen LogP contribution in [0.15, 0.2) is 72.8 Å². The van der Waals surface area contributed by atoms with Crippen molar-refractivity contribution in [2.24, 2.45) is 0 Å². The van der Waals surface area contributed by atoms with E-state index < -0.39 is 0 Å². The van der Waals surface area contributed by atoms with E-state index in [0.29, 0.717) is 5.56 Å². The van der Waals surface area contributed by atoms with E-state index >= 15 is 0 Å². The fourth-order valence-electron chi connectivity index (χ4n) is 3.48. The molecule has 28 heavy (non-hydrogen) atoms. The van der Waals surface area contributed by atoms with E-state index in [-0.39, 0.29) is 18.0 Å². The predicted molar refractivity (Wildman–Crippen MR) is 112 cm³/mol. The molecule has 0 saturated carbocycles.